The highest BCUT2D eigenvalue weighted by Crippen LogP contribution is 2.40. The molecule has 1 aromatic carbocycles. The number of benzene rings is 1. The number of hydrogen-bond acceptors (Lipinski definition) is 5. The van der Waals surface area contributed by atoms with Gasteiger partial charge in [-0.1, -0.05) is 12.1 Å². The Labute approximate surface area is 209 Å². The number of pyridine rings is 1. The van der Waals surface area contributed by atoms with Gasteiger partial charge in [0.05, 0.1) is 24.5 Å². The van der Waals surface area contributed by atoms with Crippen molar-refractivity contribution >= 4 is 23.1 Å². The summed E-state index contributed by atoms with van der Waals surface area (Å²) in [6, 6.07) is 8.27. The van der Waals surface area contributed by atoms with Crippen LogP contribution in [0.4, 0.5) is 30.4 Å². The molecule has 1 saturated carbocycles. The maximum Gasteiger partial charge on any atom is 0.403 e. The Morgan fingerprint density at radius 1 is 1.19 bits per heavy atom. The van der Waals surface area contributed by atoms with E-state index in [2.05, 4.69) is 27.8 Å². The highest BCUT2D eigenvalue weighted by Gasteiger charge is 2.39. The van der Waals surface area contributed by atoms with Gasteiger partial charge in [-0.3, -0.25) is 4.79 Å². The van der Waals surface area contributed by atoms with E-state index in [-0.39, 0.29) is 17.9 Å². The van der Waals surface area contributed by atoms with Crippen molar-refractivity contribution in [3.05, 3.63) is 47.7 Å². The van der Waals surface area contributed by atoms with Crippen LogP contribution in [0.25, 0.3) is 0 Å². The number of aromatic nitrogens is 1. The average molecular weight is 503 g/mol. The van der Waals surface area contributed by atoms with Gasteiger partial charge in [0, 0.05) is 36.2 Å². The van der Waals surface area contributed by atoms with Crippen LogP contribution in [0.2, 0.25) is 0 Å². The van der Waals surface area contributed by atoms with Gasteiger partial charge in [-0.25, -0.2) is 4.98 Å². The molecule has 2 fully saturated rings. The minimum atomic E-state index is -4.27. The Hall–Kier alpha value is -2.65. The summed E-state index contributed by atoms with van der Waals surface area (Å²) in [6.07, 6.45) is 1.76. The summed E-state index contributed by atoms with van der Waals surface area (Å²) in [6.45, 7) is 3.01. The predicted octanol–water partition coefficient (Wildman–Crippen LogP) is 5.67. The first-order valence-electron chi connectivity index (χ1n) is 12.9. The summed E-state index contributed by atoms with van der Waals surface area (Å²) >= 11 is 0. The molecule has 1 aliphatic carbocycles. The standard InChI is InChI=1S/C27H33F3N4O2/c1-17(27(28,29)30)32-22-9-6-18(7-10-22)26(35)34-15-20-4-2-12-31-25(20)33-23-11-8-19(14-24(23)34)21-5-3-13-36-16-21/h2,4,8,11-12,14,17-18,21-22,32H,3,5-7,9-10,13,15-16H2,1H3,(H,31,33)/t17?,18?,21-,22?/m1/s1. The molecule has 3 aliphatic rings. The van der Waals surface area contributed by atoms with Crippen molar-refractivity contribution in [2.24, 2.45) is 5.92 Å². The Kier molecular flexibility index (Phi) is 7.21. The van der Waals surface area contributed by atoms with Crippen LogP contribution in [-0.2, 0) is 16.1 Å². The fraction of sp³-hybridized carbons (Fsp3) is 0.556. The SMILES string of the molecule is CC(NC1CCC(C(=O)N2Cc3cccnc3Nc3ccc([C@@H]4CCCOC4)cc32)CC1)C(F)(F)F. The van der Waals surface area contributed by atoms with Gasteiger partial charge >= 0.3 is 6.18 Å². The van der Waals surface area contributed by atoms with E-state index < -0.39 is 12.2 Å². The zero-order chi connectivity index (χ0) is 25.3. The highest BCUT2D eigenvalue weighted by molar-refractivity contribution is 5.99. The second kappa shape index (κ2) is 10.4. The van der Waals surface area contributed by atoms with Crippen LogP contribution in [0.3, 0.4) is 0 Å². The van der Waals surface area contributed by atoms with E-state index in [0.717, 1.165) is 54.7 Å². The first kappa shape index (κ1) is 25.0. The number of nitrogens with zero attached hydrogens (tertiary/aromatic N) is 2. The first-order valence-corrected chi connectivity index (χ1v) is 12.9. The van der Waals surface area contributed by atoms with Crippen molar-refractivity contribution in [3.63, 3.8) is 0 Å². The molecule has 0 bridgehead atoms. The van der Waals surface area contributed by atoms with Crippen molar-refractivity contribution in [1.82, 2.24) is 10.3 Å². The van der Waals surface area contributed by atoms with Gasteiger partial charge in [-0.2, -0.15) is 13.2 Å². The van der Waals surface area contributed by atoms with Crippen LogP contribution in [0.15, 0.2) is 36.5 Å². The number of alkyl halides is 3. The molecular formula is C27H33F3N4O2. The van der Waals surface area contributed by atoms with Crippen molar-refractivity contribution in [2.75, 3.05) is 23.4 Å². The third kappa shape index (κ3) is 5.37. The van der Waals surface area contributed by atoms with E-state index >= 15 is 0 Å². The molecule has 2 aliphatic heterocycles. The Morgan fingerprint density at radius 3 is 2.72 bits per heavy atom. The average Bonchev–Trinajstić information content (AvgIpc) is 3.05. The number of hydrogen-bond donors (Lipinski definition) is 2. The van der Waals surface area contributed by atoms with E-state index in [1.165, 1.54) is 0 Å². The fourth-order valence-corrected chi connectivity index (χ4v) is 5.57. The molecular weight excluding hydrogens is 469 g/mol. The Morgan fingerprint density at radius 2 is 2.00 bits per heavy atom. The van der Waals surface area contributed by atoms with Gasteiger partial charge in [0.1, 0.15) is 11.9 Å². The van der Waals surface area contributed by atoms with Crippen LogP contribution in [0, 0.1) is 5.92 Å². The van der Waals surface area contributed by atoms with Gasteiger partial charge in [0.15, 0.2) is 0 Å². The van der Waals surface area contributed by atoms with Crippen LogP contribution >= 0.6 is 0 Å². The number of nitrogens with one attached hydrogen (secondary N) is 2. The molecule has 1 aromatic heterocycles. The third-order valence-electron chi connectivity index (χ3n) is 7.74. The summed E-state index contributed by atoms with van der Waals surface area (Å²) in [5.74, 6) is 0.824. The lowest BCUT2D eigenvalue weighted by Gasteiger charge is -2.34. The Bertz CT molecular complexity index is 1080. The molecule has 9 heteroatoms. The van der Waals surface area contributed by atoms with E-state index in [0.29, 0.717) is 44.8 Å². The van der Waals surface area contributed by atoms with Crippen LogP contribution in [-0.4, -0.2) is 42.4 Å². The lowest BCUT2D eigenvalue weighted by molar-refractivity contribution is -0.154. The number of anilines is 3. The zero-order valence-electron chi connectivity index (χ0n) is 20.5. The molecule has 6 nitrogen and oxygen atoms in total. The third-order valence-corrected chi connectivity index (χ3v) is 7.74. The molecule has 1 saturated heterocycles. The molecule has 5 rings (SSSR count). The van der Waals surface area contributed by atoms with Gasteiger partial charge in [-0.15, -0.1) is 0 Å². The summed E-state index contributed by atoms with van der Waals surface area (Å²) < 4.78 is 44.6. The molecule has 3 heterocycles. The number of fused-ring (bicyclic) bond motifs is 2. The van der Waals surface area contributed by atoms with Crippen LogP contribution in [0.5, 0.6) is 0 Å². The smallest absolute Gasteiger partial charge is 0.381 e. The molecule has 2 aromatic rings. The van der Waals surface area contributed by atoms with E-state index in [1.807, 2.05) is 23.1 Å². The molecule has 2 N–H and O–H groups in total. The monoisotopic (exact) mass is 502 g/mol. The molecule has 1 amide bonds. The second-order valence-corrected chi connectivity index (χ2v) is 10.2. The number of rotatable bonds is 4. The second-order valence-electron chi connectivity index (χ2n) is 10.2. The quantitative estimate of drug-likeness (QED) is 0.564. The molecule has 1 unspecified atom stereocenters. The zero-order valence-corrected chi connectivity index (χ0v) is 20.5. The highest BCUT2D eigenvalue weighted by atomic mass is 19.4. The van der Waals surface area contributed by atoms with Gasteiger partial charge < -0.3 is 20.3 Å². The fourth-order valence-electron chi connectivity index (χ4n) is 5.57. The van der Waals surface area contributed by atoms with Gasteiger partial charge in [-0.05, 0) is 69.2 Å². The maximum atomic E-state index is 13.9. The number of ether oxygens (including phenoxy) is 1. The predicted molar refractivity (Wildman–Crippen MR) is 132 cm³/mol. The molecule has 2 atom stereocenters. The number of halogens is 3. The topological polar surface area (TPSA) is 66.5 Å². The number of carbonyl (C=O) groups is 1. The summed E-state index contributed by atoms with van der Waals surface area (Å²) in [7, 11) is 0. The lowest BCUT2D eigenvalue weighted by atomic mass is 9.84. The van der Waals surface area contributed by atoms with Crippen LogP contribution < -0.4 is 15.5 Å². The minimum Gasteiger partial charge on any atom is -0.381 e. The van der Waals surface area contributed by atoms with Crippen LogP contribution in [0.1, 0.15) is 62.5 Å². The summed E-state index contributed by atoms with van der Waals surface area (Å²) in [4.78, 5) is 20.2. The van der Waals surface area contributed by atoms with Crippen molar-refractivity contribution in [2.45, 2.75) is 76.2 Å². The maximum absolute atomic E-state index is 13.9. The van der Waals surface area contributed by atoms with Gasteiger partial charge in [0.25, 0.3) is 0 Å². The first-order chi connectivity index (χ1) is 17.3. The van der Waals surface area contributed by atoms with Crippen molar-refractivity contribution in [1.29, 1.82) is 0 Å². The van der Waals surface area contributed by atoms with E-state index in [9.17, 15) is 18.0 Å². The number of amides is 1. The summed E-state index contributed by atoms with van der Waals surface area (Å²) in [5, 5.41) is 6.11. The molecule has 0 spiro atoms. The Balaban J connectivity index is 1.37. The number of carbonyl (C=O) groups excluding carboxylic acids is 1. The molecule has 194 valence electrons. The van der Waals surface area contributed by atoms with Crippen molar-refractivity contribution < 1.29 is 22.7 Å². The van der Waals surface area contributed by atoms with E-state index in [1.54, 1.807) is 6.20 Å². The van der Waals surface area contributed by atoms with Crippen molar-refractivity contribution in [3.8, 4) is 0 Å². The molecule has 0 radical (unpaired) electrons. The van der Waals surface area contributed by atoms with E-state index in [4.69, 9.17) is 4.74 Å². The minimum absolute atomic E-state index is 0.0223. The lowest BCUT2D eigenvalue weighted by Crippen LogP contribution is -2.47. The largest absolute Gasteiger partial charge is 0.403 e. The summed E-state index contributed by atoms with van der Waals surface area (Å²) in [5.41, 5.74) is 3.74. The van der Waals surface area contributed by atoms with Gasteiger partial charge in [0.2, 0.25) is 5.91 Å². The molecule has 36 heavy (non-hydrogen) atoms. The normalized spacial score (nSPS) is 25.2.